The Hall–Kier alpha value is -2.12. The van der Waals surface area contributed by atoms with Gasteiger partial charge in [0.25, 0.3) is 0 Å². The molecule has 464 valence electrons. The predicted octanol–water partition coefficient (Wildman–Crippen LogP) is 16.6. The van der Waals surface area contributed by atoms with Crippen LogP contribution >= 0.6 is 0 Å². The summed E-state index contributed by atoms with van der Waals surface area (Å²) < 4.78 is 17.7. The van der Waals surface area contributed by atoms with Crippen LogP contribution in [0.3, 0.4) is 0 Å². The first kappa shape index (κ1) is 74.9. The summed E-state index contributed by atoms with van der Waals surface area (Å²) in [6.07, 6.45) is 57.7. The molecule has 8 unspecified atom stereocenters. The molecule has 6 N–H and O–H groups in total. The number of aliphatic hydroxyl groups excluding tert-OH is 5. The van der Waals surface area contributed by atoms with Crippen molar-refractivity contribution in [3.05, 3.63) is 36.5 Å². The number of rotatable bonds is 58. The monoisotopic (exact) mass is 1120 g/mol. The van der Waals surface area contributed by atoms with E-state index in [0.717, 1.165) is 64.2 Å². The van der Waals surface area contributed by atoms with Crippen LogP contribution in [0.25, 0.3) is 0 Å². The van der Waals surface area contributed by atoms with Gasteiger partial charge < -0.3 is 45.1 Å². The van der Waals surface area contributed by atoms with Gasteiger partial charge in [-0.15, -0.1) is 0 Å². The first-order chi connectivity index (χ1) is 38.7. The Morgan fingerprint density at radius 1 is 0.494 bits per heavy atom. The lowest BCUT2D eigenvalue weighted by Gasteiger charge is -2.41. The quantitative estimate of drug-likeness (QED) is 0.0195. The van der Waals surface area contributed by atoms with E-state index in [1.165, 1.54) is 212 Å². The van der Waals surface area contributed by atoms with E-state index in [0.29, 0.717) is 19.3 Å². The largest absolute Gasteiger partial charge is 0.454 e. The average molecular weight is 1120 g/mol. The fraction of sp³-hybridized carbons (Fsp3) is 0.882. The summed E-state index contributed by atoms with van der Waals surface area (Å²) in [5, 5.41) is 57.0. The van der Waals surface area contributed by atoms with Gasteiger partial charge in [-0.3, -0.25) is 9.59 Å². The number of nitrogens with one attached hydrogen (secondary N) is 1. The van der Waals surface area contributed by atoms with Gasteiger partial charge in [0.2, 0.25) is 5.91 Å². The topological polar surface area (TPSA) is 175 Å². The Morgan fingerprint density at radius 3 is 1.32 bits per heavy atom. The van der Waals surface area contributed by atoms with E-state index in [1.54, 1.807) is 6.08 Å². The second-order valence-electron chi connectivity index (χ2n) is 23.6. The van der Waals surface area contributed by atoms with Crippen molar-refractivity contribution in [2.24, 2.45) is 0 Å². The van der Waals surface area contributed by atoms with Crippen LogP contribution in [-0.4, -0.2) is 99.6 Å². The maximum Gasteiger partial charge on any atom is 0.306 e. The number of aliphatic hydroxyl groups is 5. The highest BCUT2D eigenvalue weighted by atomic mass is 16.7. The number of carbonyl (C=O) groups is 2. The van der Waals surface area contributed by atoms with Crippen LogP contribution < -0.4 is 5.32 Å². The second kappa shape index (κ2) is 56.4. The number of carbonyl (C=O) groups excluding carboxylic acids is 2. The van der Waals surface area contributed by atoms with Crippen molar-refractivity contribution >= 4 is 11.9 Å². The smallest absolute Gasteiger partial charge is 0.306 e. The molecular formula is C68H127NO10. The van der Waals surface area contributed by atoms with Crippen molar-refractivity contribution in [1.29, 1.82) is 0 Å². The fourth-order valence-electron chi connectivity index (χ4n) is 10.7. The molecule has 1 amide bonds. The van der Waals surface area contributed by atoms with E-state index < -0.39 is 67.4 Å². The molecule has 0 spiro atoms. The summed E-state index contributed by atoms with van der Waals surface area (Å²) in [5.74, 6) is -1.18. The van der Waals surface area contributed by atoms with E-state index in [-0.39, 0.29) is 13.0 Å². The standard InChI is InChI=1S/C68H127NO10/c1-4-7-10-13-16-19-22-24-25-26-27-28-29-30-31-32-33-34-35-36-37-39-41-44-47-50-53-56-63(73)79-66-65(75)64(74)62(57-70)78-68(66)77-58-59(60(71)54-51-48-45-43-40-38-23-20-17-14-11-8-5-2)69-67(76)61(72)55-52-49-46-42-21-18-15-12-9-6-3/h16,19,24-25,51,54,59-62,64-66,68,70-72,74-75H,4-15,17-18,20-23,26-50,52-53,55-58H2,1-3H3,(H,69,76)/b19-16-,25-24-,54-51+. The molecule has 0 aromatic rings. The van der Waals surface area contributed by atoms with Crippen LogP contribution in [0.15, 0.2) is 36.5 Å². The molecule has 1 saturated heterocycles. The number of allylic oxidation sites excluding steroid dienone is 5. The van der Waals surface area contributed by atoms with Gasteiger partial charge in [0.15, 0.2) is 12.4 Å². The molecule has 0 radical (unpaired) electrons. The maximum atomic E-state index is 13.4. The van der Waals surface area contributed by atoms with Gasteiger partial charge >= 0.3 is 5.97 Å². The molecule has 1 aliphatic rings. The summed E-state index contributed by atoms with van der Waals surface area (Å²) in [6.45, 7) is 5.78. The third kappa shape index (κ3) is 44.1. The number of unbranched alkanes of at least 4 members (excludes halogenated alkanes) is 40. The summed E-state index contributed by atoms with van der Waals surface area (Å²) in [5.41, 5.74) is 0. The third-order valence-electron chi connectivity index (χ3n) is 16.0. The molecule has 11 heteroatoms. The molecule has 8 atom stereocenters. The van der Waals surface area contributed by atoms with E-state index >= 15 is 0 Å². The normalized spacial score (nSPS) is 19.0. The third-order valence-corrected chi connectivity index (χ3v) is 16.0. The van der Waals surface area contributed by atoms with Crippen LogP contribution in [0.4, 0.5) is 0 Å². The zero-order valence-electron chi connectivity index (χ0n) is 51.5. The number of hydrogen-bond donors (Lipinski definition) is 6. The van der Waals surface area contributed by atoms with Crippen LogP contribution in [0.5, 0.6) is 0 Å². The van der Waals surface area contributed by atoms with Gasteiger partial charge in [-0.2, -0.15) is 0 Å². The van der Waals surface area contributed by atoms with Crippen molar-refractivity contribution in [2.75, 3.05) is 13.2 Å². The van der Waals surface area contributed by atoms with Gasteiger partial charge in [-0.1, -0.05) is 295 Å². The van der Waals surface area contributed by atoms with Crippen molar-refractivity contribution in [3.63, 3.8) is 0 Å². The van der Waals surface area contributed by atoms with Gasteiger partial charge in [0, 0.05) is 6.42 Å². The first-order valence-corrected chi connectivity index (χ1v) is 33.8. The van der Waals surface area contributed by atoms with Gasteiger partial charge in [0.1, 0.15) is 24.4 Å². The van der Waals surface area contributed by atoms with Gasteiger partial charge in [0.05, 0.1) is 25.4 Å². The molecular weight excluding hydrogens is 991 g/mol. The number of esters is 1. The van der Waals surface area contributed by atoms with Crippen LogP contribution in [0.2, 0.25) is 0 Å². The Kier molecular flexibility index (Phi) is 53.4. The lowest BCUT2D eigenvalue weighted by molar-refractivity contribution is -0.305. The van der Waals surface area contributed by atoms with Crippen LogP contribution in [0, 0.1) is 0 Å². The number of hydrogen-bond acceptors (Lipinski definition) is 10. The molecule has 1 rings (SSSR count). The maximum absolute atomic E-state index is 13.4. The zero-order valence-corrected chi connectivity index (χ0v) is 51.5. The highest BCUT2D eigenvalue weighted by molar-refractivity contribution is 5.80. The zero-order chi connectivity index (χ0) is 57.5. The minimum atomic E-state index is -1.61. The van der Waals surface area contributed by atoms with Gasteiger partial charge in [-0.25, -0.2) is 0 Å². The first-order valence-electron chi connectivity index (χ1n) is 33.8. The summed E-state index contributed by atoms with van der Waals surface area (Å²) in [7, 11) is 0. The van der Waals surface area contributed by atoms with Crippen molar-refractivity contribution < 1.29 is 49.3 Å². The van der Waals surface area contributed by atoms with Crippen LogP contribution in [0.1, 0.15) is 323 Å². The predicted molar refractivity (Wildman–Crippen MR) is 329 cm³/mol. The Bertz CT molecular complexity index is 1420. The molecule has 1 heterocycles. The lowest BCUT2D eigenvalue weighted by atomic mass is 9.99. The van der Waals surface area contributed by atoms with E-state index in [4.69, 9.17) is 14.2 Å². The van der Waals surface area contributed by atoms with Crippen molar-refractivity contribution in [1.82, 2.24) is 5.32 Å². The van der Waals surface area contributed by atoms with Crippen molar-refractivity contribution in [2.45, 2.75) is 372 Å². The number of amides is 1. The second-order valence-corrected chi connectivity index (χ2v) is 23.6. The van der Waals surface area contributed by atoms with E-state index in [2.05, 4.69) is 50.4 Å². The Morgan fingerprint density at radius 2 is 0.873 bits per heavy atom. The molecule has 1 fully saturated rings. The minimum Gasteiger partial charge on any atom is -0.454 e. The SMILES string of the molecule is CCCCC/C=C\C/C=C\CCCCCCCCCCCCCCCCCCCC(=O)OC1C(OCC(NC(=O)C(O)CCCCCCCCCCCC)C(O)/C=C/CCCCCCCCCCCCC)OC(CO)C(O)C1O. The summed E-state index contributed by atoms with van der Waals surface area (Å²) in [6, 6.07) is -1.02. The molecule has 1 aliphatic heterocycles. The van der Waals surface area contributed by atoms with Crippen molar-refractivity contribution in [3.8, 4) is 0 Å². The average Bonchev–Trinajstić information content (AvgIpc) is 3.47. The molecule has 79 heavy (non-hydrogen) atoms. The van der Waals surface area contributed by atoms with E-state index in [9.17, 15) is 35.1 Å². The summed E-state index contributed by atoms with van der Waals surface area (Å²) in [4.78, 5) is 26.5. The highest BCUT2D eigenvalue weighted by Gasteiger charge is 2.47. The Labute approximate surface area is 485 Å². The highest BCUT2D eigenvalue weighted by Crippen LogP contribution is 2.26. The molecule has 0 aromatic heterocycles. The van der Waals surface area contributed by atoms with Crippen LogP contribution in [-0.2, 0) is 23.8 Å². The summed E-state index contributed by atoms with van der Waals surface area (Å²) >= 11 is 0. The minimum absolute atomic E-state index is 0.128. The lowest BCUT2D eigenvalue weighted by Crippen LogP contribution is -2.61. The molecule has 0 bridgehead atoms. The van der Waals surface area contributed by atoms with Gasteiger partial charge in [-0.05, 0) is 57.8 Å². The van der Waals surface area contributed by atoms with E-state index in [1.807, 2.05) is 6.08 Å². The molecule has 0 saturated carbocycles. The Balaban J connectivity index is 2.51. The fourth-order valence-corrected chi connectivity index (χ4v) is 10.7. The molecule has 0 aromatic carbocycles. The molecule has 0 aliphatic carbocycles. The number of ether oxygens (including phenoxy) is 3. The molecule has 11 nitrogen and oxygen atoms in total.